The van der Waals surface area contributed by atoms with Crippen LogP contribution in [0.4, 0.5) is 22.0 Å². The van der Waals surface area contributed by atoms with Crippen LogP contribution < -0.4 is 0 Å². The fourth-order valence-corrected chi connectivity index (χ4v) is 4.74. The zero-order valence-electron chi connectivity index (χ0n) is 15.7. The van der Waals surface area contributed by atoms with E-state index in [2.05, 4.69) is 0 Å². The first kappa shape index (κ1) is 19.6. The van der Waals surface area contributed by atoms with Crippen molar-refractivity contribution in [2.45, 2.75) is 32.3 Å². The lowest BCUT2D eigenvalue weighted by atomic mass is 9.87. The number of rotatable bonds is 4. The third-order valence-electron chi connectivity index (χ3n) is 6.52. The lowest BCUT2D eigenvalue weighted by Gasteiger charge is -2.15. The lowest BCUT2D eigenvalue weighted by molar-refractivity contribution is -0.147. The highest BCUT2D eigenvalue weighted by atomic mass is 19.2. The van der Waals surface area contributed by atoms with Gasteiger partial charge in [0.15, 0.2) is 23.3 Å². The summed E-state index contributed by atoms with van der Waals surface area (Å²) in [5.74, 6) is -11.7. The maximum atomic E-state index is 13.9. The molecule has 0 aliphatic heterocycles. The molecule has 0 radical (unpaired) electrons. The van der Waals surface area contributed by atoms with Gasteiger partial charge in [0.25, 0.3) is 0 Å². The Labute approximate surface area is 164 Å². The van der Waals surface area contributed by atoms with Crippen LogP contribution in [0, 0.1) is 40.4 Å². The van der Waals surface area contributed by atoms with Crippen molar-refractivity contribution in [3.63, 3.8) is 0 Å². The predicted octanol–water partition coefficient (Wildman–Crippen LogP) is 5.44. The molecule has 4 rings (SSSR count). The molecule has 0 heterocycles. The van der Waals surface area contributed by atoms with Gasteiger partial charge >= 0.3 is 5.97 Å². The van der Waals surface area contributed by atoms with Gasteiger partial charge in [0.1, 0.15) is 6.61 Å². The molecular weight excluding hydrogens is 391 g/mol. The number of carbonyl (C=O) groups is 1. The average molecular weight is 408 g/mol. The summed E-state index contributed by atoms with van der Waals surface area (Å²) in [4.78, 5) is 12.8. The van der Waals surface area contributed by atoms with Crippen molar-refractivity contribution >= 4 is 12.0 Å². The van der Waals surface area contributed by atoms with E-state index < -0.39 is 64.0 Å². The summed E-state index contributed by atoms with van der Waals surface area (Å²) in [5.41, 5.74) is -0.315. The number of carbonyl (C=O) groups excluding carboxylic acids is 1. The van der Waals surface area contributed by atoms with Gasteiger partial charge in [0.05, 0.1) is 11.5 Å². The number of fused-ring (bicyclic) bond motifs is 2. The number of hydrogen-bond acceptors (Lipinski definition) is 2. The van der Waals surface area contributed by atoms with E-state index >= 15 is 0 Å². The van der Waals surface area contributed by atoms with Crippen LogP contribution in [0.2, 0.25) is 0 Å². The van der Waals surface area contributed by atoms with E-state index in [0.717, 1.165) is 11.1 Å². The number of ether oxygens (including phenoxy) is 1. The minimum Gasteiger partial charge on any atom is -0.460 e. The van der Waals surface area contributed by atoms with Crippen molar-refractivity contribution in [3.8, 4) is 0 Å². The van der Waals surface area contributed by atoms with E-state index in [1.165, 1.54) is 0 Å². The van der Waals surface area contributed by atoms with Crippen LogP contribution >= 0.6 is 0 Å². The quantitative estimate of drug-likeness (QED) is 0.292. The Morgan fingerprint density at radius 1 is 1.00 bits per heavy atom. The Kier molecular flexibility index (Phi) is 4.33. The number of halogens is 5. The standard InChI is InChI=1S/C22H17F5O2/c1-3-21(2)19(22(21)9-8-11-6-4-5-7-13(11)22)20(28)29-10-12-14(23)16(25)18(27)17(26)15(12)24/h4-9,19H,3,10H2,1-2H3/t19-,21-,22-/m1/s1. The fraction of sp³-hybridized carbons (Fsp3) is 0.318. The summed E-state index contributed by atoms with van der Waals surface area (Å²) in [5, 5.41) is 0. The number of esters is 1. The molecule has 2 aliphatic carbocycles. The van der Waals surface area contributed by atoms with Crippen molar-refractivity contribution in [2.24, 2.45) is 11.3 Å². The predicted molar refractivity (Wildman–Crippen MR) is 95.1 cm³/mol. The second-order valence-corrected chi connectivity index (χ2v) is 7.65. The van der Waals surface area contributed by atoms with E-state index in [4.69, 9.17) is 4.74 Å². The second kappa shape index (κ2) is 6.40. The molecule has 1 saturated carbocycles. The maximum Gasteiger partial charge on any atom is 0.311 e. The molecule has 3 atom stereocenters. The van der Waals surface area contributed by atoms with Crippen molar-refractivity contribution in [1.82, 2.24) is 0 Å². The smallest absolute Gasteiger partial charge is 0.311 e. The topological polar surface area (TPSA) is 26.3 Å². The highest BCUT2D eigenvalue weighted by molar-refractivity contribution is 5.86. The third-order valence-corrected chi connectivity index (χ3v) is 6.52. The van der Waals surface area contributed by atoms with Crippen LogP contribution in [0.15, 0.2) is 30.3 Å². The minimum absolute atomic E-state index is 0.483. The van der Waals surface area contributed by atoms with Gasteiger partial charge in [-0.1, -0.05) is 50.3 Å². The van der Waals surface area contributed by atoms with E-state index in [1.807, 2.05) is 50.3 Å². The van der Waals surface area contributed by atoms with Gasteiger partial charge in [-0.05, 0) is 23.0 Å². The monoisotopic (exact) mass is 408 g/mol. The SMILES string of the molecule is CC[C@]1(C)[C@@H](C(=O)OCc2c(F)c(F)c(F)c(F)c2F)[C@]12C=Cc1ccccc12. The average Bonchev–Trinajstić information content (AvgIpc) is 3.05. The van der Waals surface area contributed by atoms with Gasteiger partial charge in [-0.2, -0.15) is 0 Å². The van der Waals surface area contributed by atoms with Crippen LogP contribution in [0.25, 0.3) is 6.08 Å². The largest absolute Gasteiger partial charge is 0.460 e. The Balaban J connectivity index is 1.62. The Morgan fingerprint density at radius 2 is 1.59 bits per heavy atom. The summed E-state index contributed by atoms with van der Waals surface area (Å²) in [6.45, 7) is 2.81. The molecule has 1 fully saturated rings. The molecule has 2 aromatic carbocycles. The van der Waals surface area contributed by atoms with E-state index in [-0.39, 0.29) is 0 Å². The minimum atomic E-state index is -2.25. The summed E-state index contributed by atoms with van der Waals surface area (Å²) < 4.78 is 72.7. The Hall–Kier alpha value is -2.70. The van der Waals surface area contributed by atoms with Crippen LogP contribution in [-0.2, 0) is 21.6 Å². The first-order valence-electron chi connectivity index (χ1n) is 9.16. The van der Waals surface area contributed by atoms with E-state index in [9.17, 15) is 26.7 Å². The summed E-state index contributed by atoms with van der Waals surface area (Å²) in [6, 6.07) is 7.58. The fourth-order valence-electron chi connectivity index (χ4n) is 4.74. The number of allylic oxidation sites excluding steroid dienone is 1. The third kappa shape index (κ3) is 2.42. The zero-order valence-corrected chi connectivity index (χ0v) is 15.7. The molecule has 2 aromatic rings. The molecule has 0 aromatic heterocycles. The molecule has 0 unspecified atom stereocenters. The van der Waals surface area contributed by atoms with E-state index in [1.54, 1.807) is 0 Å². The first-order chi connectivity index (χ1) is 13.7. The van der Waals surface area contributed by atoms with Gasteiger partial charge < -0.3 is 4.74 Å². The summed E-state index contributed by atoms with van der Waals surface area (Å²) >= 11 is 0. The molecule has 7 heteroatoms. The molecule has 2 nitrogen and oxygen atoms in total. The van der Waals surface area contributed by atoms with Gasteiger partial charge in [-0.25, -0.2) is 22.0 Å². The molecule has 29 heavy (non-hydrogen) atoms. The van der Waals surface area contributed by atoms with Gasteiger partial charge in [-0.3, -0.25) is 4.79 Å². The Morgan fingerprint density at radius 3 is 2.21 bits per heavy atom. The van der Waals surface area contributed by atoms with Crippen molar-refractivity contribution in [1.29, 1.82) is 0 Å². The van der Waals surface area contributed by atoms with Crippen LogP contribution in [-0.4, -0.2) is 5.97 Å². The van der Waals surface area contributed by atoms with Crippen molar-refractivity contribution in [2.75, 3.05) is 0 Å². The highest BCUT2D eigenvalue weighted by Crippen LogP contribution is 2.74. The lowest BCUT2D eigenvalue weighted by Crippen LogP contribution is -2.16. The highest BCUT2D eigenvalue weighted by Gasteiger charge is 2.76. The summed E-state index contributed by atoms with van der Waals surface area (Å²) in [7, 11) is 0. The van der Waals surface area contributed by atoms with Crippen molar-refractivity contribution < 1.29 is 31.5 Å². The van der Waals surface area contributed by atoms with Gasteiger partial charge in [0, 0.05) is 5.41 Å². The molecule has 152 valence electrons. The first-order valence-corrected chi connectivity index (χ1v) is 9.16. The van der Waals surface area contributed by atoms with Crippen molar-refractivity contribution in [3.05, 3.63) is 76.1 Å². The van der Waals surface area contributed by atoms with Gasteiger partial charge in [-0.15, -0.1) is 0 Å². The molecule has 2 aliphatic rings. The van der Waals surface area contributed by atoms with Gasteiger partial charge in [0.2, 0.25) is 5.82 Å². The molecule has 1 spiro atoms. The summed E-state index contributed by atoms with van der Waals surface area (Å²) in [6.07, 6.45) is 4.49. The molecule has 0 saturated heterocycles. The van der Waals surface area contributed by atoms with E-state index in [0.29, 0.717) is 6.42 Å². The maximum absolute atomic E-state index is 13.9. The molecule has 0 N–H and O–H groups in total. The Bertz CT molecular complexity index is 1030. The molecule has 0 bridgehead atoms. The second-order valence-electron chi connectivity index (χ2n) is 7.65. The number of hydrogen-bond donors (Lipinski definition) is 0. The van der Waals surface area contributed by atoms with Crippen LogP contribution in [0.5, 0.6) is 0 Å². The van der Waals surface area contributed by atoms with Crippen LogP contribution in [0.1, 0.15) is 37.0 Å². The zero-order chi connectivity index (χ0) is 21.1. The van der Waals surface area contributed by atoms with Crippen LogP contribution in [0.3, 0.4) is 0 Å². The normalized spacial score (nSPS) is 26.7. The molecule has 0 amide bonds. The number of benzene rings is 2. The molecular formula is C22H17F5O2.